The molecule has 4 nitrogen and oxygen atoms in total. The summed E-state index contributed by atoms with van der Waals surface area (Å²) in [5.41, 5.74) is -0.334. The van der Waals surface area contributed by atoms with Crippen LogP contribution in [0.25, 0.3) is 0 Å². The number of hydrogen-bond acceptors (Lipinski definition) is 4. The first-order valence-corrected chi connectivity index (χ1v) is 6.18. The van der Waals surface area contributed by atoms with Crippen LogP contribution in [0.3, 0.4) is 0 Å². The second kappa shape index (κ2) is 6.44. The fourth-order valence-electron chi connectivity index (χ4n) is 1.19. The molecule has 0 aliphatic carbocycles. The van der Waals surface area contributed by atoms with E-state index in [0.717, 1.165) is 0 Å². The van der Waals surface area contributed by atoms with Gasteiger partial charge in [-0.25, -0.2) is 4.98 Å². The summed E-state index contributed by atoms with van der Waals surface area (Å²) in [6, 6.07) is 5.45. The summed E-state index contributed by atoms with van der Waals surface area (Å²) in [5, 5.41) is 3.07. The topological polar surface area (TPSA) is 51.2 Å². The fourth-order valence-corrected chi connectivity index (χ4v) is 1.38. The molecule has 0 unspecified atom stereocenters. The number of pyridine rings is 1. The molecule has 0 fully saturated rings. The highest BCUT2D eigenvalue weighted by Crippen LogP contribution is 2.16. The van der Waals surface area contributed by atoms with Gasteiger partial charge in [0.1, 0.15) is 11.6 Å². The summed E-state index contributed by atoms with van der Waals surface area (Å²) in [5.74, 6) is 0.785. The van der Waals surface area contributed by atoms with E-state index in [9.17, 15) is 4.79 Å². The van der Waals surface area contributed by atoms with Crippen LogP contribution in [0.2, 0.25) is 0 Å². The lowest BCUT2D eigenvalue weighted by atomic mass is 9.89. The van der Waals surface area contributed by atoms with Crippen LogP contribution in [-0.2, 0) is 9.53 Å². The molecule has 0 amide bonds. The summed E-state index contributed by atoms with van der Waals surface area (Å²) in [6.07, 6.45) is 2.02. The maximum absolute atomic E-state index is 11.6. The van der Waals surface area contributed by atoms with E-state index in [1.54, 1.807) is 12.3 Å². The van der Waals surface area contributed by atoms with Crippen molar-refractivity contribution >= 4 is 29.0 Å². The molecule has 1 heterocycles. The average molecular weight is 266 g/mol. The molecule has 0 aromatic carbocycles. The van der Waals surface area contributed by atoms with E-state index in [0.29, 0.717) is 12.2 Å². The molecule has 1 rings (SSSR count). The molecule has 0 saturated carbocycles. The van der Waals surface area contributed by atoms with Crippen molar-refractivity contribution in [2.45, 2.75) is 27.2 Å². The third-order valence-electron chi connectivity index (χ3n) is 2.29. The summed E-state index contributed by atoms with van der Waals surface area (Å²) < 4.78 is 5.27. The first-order valence-electron chi connectivity index (χ1n) is 5.78. The van der Waals surface area contributed by atoms with Gasteiger partial charge >= 0.3 is 0 Å². The Bertz CT molecular complexity index is 413. The number of ether oxygens (including phenoxy) is 1. The quantitative estimate of drug-likeness (QED) is 0.849. The summed E-state index contributed by atoms with van der Waals surface area (Å²) >= 11 is 5.00. The third-order valence-corrected chi connectivity index (χ3v) is 2.51. The average Bonchev–Trinajstić information content (AvgIpc) is 2.28. The molecule has 5 heteroatoms. The molecule has 0 aliphatic rings. The Balaban J connectivity index is 2.28. The highest BCUT2D eigenvalue weighted by Gasteiger charge is 2.20. The van der Waals surface area contributed by atoms with Crippen molar-refractivity contribution in [3.05, 3.63) is 24.4 Å². The van der Waals surface area contributed by atoms with E-state index in [1.807, 2.05) is 32.9 Å². The van der Waals surface area contributed by atoms with E-state index < -0.39 is 0 Å². The van der Waals surface area contributed by atoms with Gasteiger partial charge in [0.2, 0.25) is 0 Å². The standard InChI is InChI=1S/C13H18N2O2S/c1-13(2,3)10(16)7-9-17-12(18)15-11-6-4-5-8-14-11/h4-6,8H,7,9H2,1-3H3,(H,14,15,18). The summed E-state index contributed by atoms with van der Waals surface area (Å²) in [4.78, 5) is 15.7. The third kappa shape index (κ3) is 5.23. The monoisotopic (exact) mass is 266 g/mol. The van der Waals surface area contributed by atoms with Gasteiger partial charge in [-0.1, -0.05) is 26.8 Å². The largest absolute Gasteiger partial charge is 0.470 e. The number of anilines is 1. The fraction of sp³-hybridized carbons (Fsp3) is 0.462. The second-order valence-electron chi connectivity index (χ2n) is 4.90. The van der Waals surface area contributed by atoms with Gasteiger partial charge in [0.25, 0.3) is 5.17 Å². The minimum absolute atomic E-state index is 0.156. The minimum atomic E-state index is -0.334. The van der Waals surface area contributed by atoms with Crippen molar-refractivity contribution in [3.63, 3.8) is 0 Å². The van der Waals surface area contributed by atoms with Crippen molar-refractivity contribution in [2.24, 2.45) is 5.41 Å². The molecule has 0 radical (unpaired) electrons. The van der Waals surface area contributed by atoms with Gasteiger partial charge in [-0.2, -0.15) is 0 Å². The molecule has 98 valence electrons. The Morgan fingerprint density at radius 2 is 2.17 bits per heavy atom. The molecule has 0 bridgehead atoms. The summed E-state index contributed by atoms with van der Waals surface area (Å²) in [7, 11) is 0. The first-order chi connectivity index (χ1) is 8.39. The van der Waals surface area contributed by atoms with Gasteiger partial charge in [-0.05, 0) is 24.4 Å². The SMILES string of the molecule is CC(C)(C)C(=O)CCOC(=S)Nc1ccccn1. The van der Waals surface area contributed by atoms with Crippen molar-refractivity contribution in [1.29, 1.82) is 0 Å². The van der Waals surface area contributed by atoms with Crippen LogP contribution in [0, 0.1) is 5.41 Å². The lowest BCUT2D eigenvalue weighted by Gasteiger charge is -2.16. The van der Waals surface area contributed by atoms with Crippen LogP contribution in [0.5, 0.6) is 0 Å². The molecule has 1 N–H and O–H groups in total. The van der Waals surface area contributed by atoms with Crippen molar-refractivity contribution in [3.8, 4) is 0 Å². The molecule has 18 heavy (non-hydrogen) atoms. The van der Waals surface area contributed by atoms with E-state index >= 15 is 0 Å². The Labute approximate surface area is 113 Å². The number of Topliss-reactive ketones (excluding diaryl/α,β-unsaturated/α-hetero) is 1. The number of ketones is 1. The smallest absolute Gasteiger partial charge is 0.262 e. The van der Waals surface area contributed by atoms with Crippen molar-refractivity contribution < 1.29 is 9.53 Å². The number of thiocarbonyl (C=S) groups is 1. The number of carbonyl (C=O) groups is 1. The number of rotatable bonds is 4. The predicted octanol–water partition coefficient (Wildman–Crippen LogP) is 2.80. The number of hydrogen-bond donors (Lipinski definition) is 1. The van der Waals surface area contributed by atoms with Gasteiger partial charge in [0.15, 0.2) is 0 Å². The van der Waals surface area contributed by atoms with Crippen LogP contribution in [-0.4, -0.2) is 22.5 Å². The van der Waals surface area contributed by atoms with Gasteiger partial charge in [-0.3, -0.25) is 4.79 Å². The van der Waals surface area contributed by atoms with Crippen LogP contribution in [0.15, 0.2) is 24.4 Å². The zero-order chi connectivity index (χ0) is 13.6. The van der Waals surface area contributed by atoms with Crippen molar-refractivity contribution in [1.82, 2.24) is 4.98 Å². The maximum atomic E-state index is 11.6. The lowest BCUT2D eigenvalue weighted by Crippen LogP contribution is -2.23. The molecule has 1 aromatic heterocycles. The number of aromatic nitrogens is 1. The van der Waals surface area contributed by atoms with E-state index in [2.05, 4.69) is 10.3 Å². The zero-order valence-electron chi connectivity index (χ0n) is 10.9. The molecule has 0 aliphatic heterocycles. The molecule has 0 saturated heterocycles. The second-order valence-corrected chi connectivity index (χ2v) is 5.27. The van der Waals surface area contributed by atoms with E-state index in [-0.39, 0.29) is 23.0 Å². The Kier molecular flexibility index (Phi) is 5.22. The lowest BCUT2D eigenvalue weighted by molar-refractivity contribution is -0.126. The zero-order valence-corrected chi connectivity index (χ0v) is 11.7. The maximum Gasteiger partial charge on any atom is 0.262 e. The normalized spacial score (nSPS) is 10.8. The highest BCUT2D eigenvalue weighted by molar-refractivity contribution is 7.80. The minimum Gasteiger partial charge on any atom is -0.470 e. The van der Waals surface area contributed by atoms with Crippen LogP contribution >= 0.6 is 12.2 Å². The highest BCUT2D eigenvalue weighted by atomic mass is 32.1. The Morgan fingerprint density at radius 1 is 1.44 bits per heavy atom. The molecule has 0 spiro atoms. The molecular weight excluding hydrogens is 248 g/mol. The van der Waals surface area contributed by atoms with Gasteiger partial charge in [0.05, 0.1) is 6.61 Å². The Morgan fingerprint density at radius 3 is 2.72 bits per heavy atom. The van der Waals surface area contributed by atoms with Gasteiger partial charge < -0.3 is 10.1 Å². The van der Waals surface area contributed by atoms with Crippen molar-refractivity contribution in [2.75, 3.05) is 11.9 Å². The number of carbonyl (C=O) groups excluding carboxylic acids is 1. The first kappa shape index (κ1) is 14.6. The van der Waals surface area contributed by atoms with Gasteiger partial charge in [-0.15, -0.1) is 0 Å². The van der Waals surface area contributed by atoms with Gasteiger partial charge in [0, 0.05) is 18.0 Å². The molecule has 1 aromatic rings. The predicted molar refractivity (Wildman–Crippen MR) is 75.5 cm³/mol. The van der Waals surface area contributed by atoms with Crippen LogP contribution < -0.4 is 5.32 Å². The summed E-state index contributed by atoms with van der Waals surface area (Å²) in [6.45, 7) is 5.95. The van der Waals surface area contributed by atoms with Crippen LogP contribution in [0.1, 0.15) is 27.2 Å². The van der Waals surface area contributed by atoms with E-state index in [1.165, 1.54) is 0 Å². The number of nitrogens with zero attached hydrogens (tertiary/aromatic N) is 1. The Hall–Kier alpha value is -1.49. The number of nitrogens with one attached hydrogen (secondary N) is 1. The molecular formula is C13H18N2O2S. The molecule has 0 atom stereocenters. The van der Waals surface area contributed by atoms with Crippen LogP contribution in [0.4, 0.5) is 5.82 Å². The van der Waals surface area contributed by atoms with E-state index in [4.69, 9.17) is 17.0 Å².